The highest BCUT2D eigenvalue weighted by Crippen LogP contribution is 2.23. The third kappa shape index (κ3) is 5.81. The summed E-state index contributed by atoms with van der Waals surface area (Å²) in [5.41, 5.74) is 2.04. The lowest BCUT2D eigenvalue weighted by Gasteiger charge is -2.13. The monoisotopic (exact) mass is 355 g/mol. The minimum atomic E-state index is -0.191. The zero-order valence-electron chi connectivity index (χ0n) is 15.3. The summed E-state index contributed by atoms with van der Waals surface area (Å²) in [6.45, 7) is 6.22. The number of ether oxygens (including phenoxy) is 1. The molecule has 0 saturated carbocycles. The van der Waals surface area contributed by atoms with Gasteiger partial charge in [-0.3, -0.25) is 9.59 Å². The fourth-order valence-electron chi connectivity index (χ4n) is 2.24. The van der Waals surface area contributed by atoms with Crippen LogP contribution in [-0.4, -0.2) is 25.0 Å². The summed E-state index contributed by atoms with van der Waals surface area (Å²) >= 11 is 0. The van der Waals surface area contributed by atoms with Gasteiger partial charge in [-0.1, -0.05) is 32.0 Å². The zero-order chi connectivity index (χ0) is 18.9. The maximum absolute atomic E-state index is 12.2. The molecule has 0 fully saturated rings. The predicted octanol–water partition coefficient (Wildman–Crippen LogP) is 3.73. The van der Waals surface area contributed by atoms with Crippen molar-refractivity contribution in [3.63, 3.8) is 0 Å². The van der Waals surface area contributed by atoms with Gasteiger partial charge in [0.15, 0.2) is 0 Å². The highest BCUT2D eigenvalue weighted by atomic mass is 16.5. The maximum atomic E-state index is 12.2. The summed E-state index contributed by atoms with van der Waals surface area (Å²) in [5.74, 6) is 0.343. The molecule has 0 aromatic heterocycles. The van der Waals surface area contributed by atoms with Gasteiger partial charge in [-0.15, -0.1) is 0 Å². The van der Waals surface area contributed by atoms with Crippen molar-refractivity contribution in [3.05, 3.63) is 48.5 Å². The van der Waals surface area contributed by atoms with Crippen molar-refractivity contribution in [2.45, 2.75) is 20.8 Å². The second kappa shape index (κ2) is 9.46. The zero-order valence-corrected chi connectivity index (χ0v) is 15.3. The molecule has 6 heteroatoms. The first-order valence-electron chi connectivity index (χ1n) is 8.66. The Bertz CT molecular complexity index is 759. The van der Waals surface area contributed by atoms with Crippen LogP contribution in [0.1, 0.15) is 20.8 Å². The summed E-state index contributed by atoms with van der Waals surface area (Å²) in [5, 5.41) is 8.70. The van der Waals surface area contributed by atoms with Crippen LogP contribution in [0.3, 0.4) is 0 Å². The predicted molar refractivity (Wildman–Crippen MR) is 105 cm³/mol. The molecule has 2 rings (SSSR count). The molecule has 3 N–H and O–H groups in total. The third-order valence-electron chi connectivity index (χ3n) is 3.56. The Morgan fingerprint density at radius 2 is 1.69 bits per heavy atom. The summed E-state index contributed by atoms with van der Waals surface area (Å²) < 4.78 is 5.53. The molecule has 6 nitrogen and oxygen atoms in total. The number of hydrogen-bond donors (Lipinski definition) is 3. The number of carbonyl (C=O) groups excluding carboxylic acids is 2. The number of anilines is 3. The van der Waals surface area contributed by atoms with Crippen LogP contribution < -0.4 is 20.7 Å². The van der Waals surface area contributed by atoms with Crippen molar-refractivity contribution in [1.82, 2.24) is 0 Å². The van der Waals surface area contributed by atoms with Crippen LogP contribution >= 0.6 is 0 Å². The maximum Gasteiger partial charge on any atom is 0.243 e. The molecule has 2 aromatic carbocycles. The van der Waals surface area contributed by atoms with Crippen LogP contribution in [0, 0.1) is 5.92 Å². The van der Waals surface area contributed by atoms with Gasteiger partial charge in [0.2, 0.25) is 11.8 Å². The van der Waals surface area contributed by atoms with Gasteiger partial charge in [0, 0.05) is 17.3 Å². The van der Waals surface area contributed by atoms with E-state index >= 15 is 0 Å². The van der Waals surface area contributed by atoms with E-state index in [0.717, 1.165) is 5.69 Å². The van der Waals surface area contributed by atoms with Gasteiger partial charge in [0.25, 0.3) is 0 Å². The largest absolute Gasteiger partial charge is 0.492 e. The molecule has 0 unspecified atom stereocenters. The lowest BCUT2D eigenvalue weighted by atomic mass is 10.2. The number of nitrogens with one attached hydrogen (secondary N) is 3. The van der Waals surface area contributed by atoms with E-state index in [1.807, 2.05) is 45.0 Å². The van der Waals surface area contributed by atoms with Crippen LogP contribution in [0.15, 0.2) is 48.5 Å². The molecule has 26 heavy (non-hydrogen) atoms. The summed E-state index contributed by atoms with van der Waals surface area (Å²) in [4.78, 5) is 24.0. The quantitative estimate of drug-likeness (QED) is 0.674. The van der Waals surface area contributed by atoms with E-state index in [9.17, 15) is 9.59 Å². The first kappa shape index (κ1) is 19.3. The molecular formula is C20H25N3O3. The normalized spacial score (nSPS) is 10.3. The van der Waals surface area contributed by atoms with Crippen LogP contribution in [-0.2, 0) is 9.59 Å². The average Bonchev–Trinajstić information content (AvgIpc) is 2.61. The number of para-hydroxylation sites is 2. The Morgan fingerprint density at radius 1 is 1.00 bits per heavy atom. The molecule has 0 aliphatic carbocycles. The van der Waals surface area contributed by atoms with Gasteiger partial charge in [-0.2, -0.15) is 0 Å². The lowest BCUT2D eigenvalue weighted by Crippen LogP contribution is -2.22. The Balaban J connectivity index is 1.93. The first-order valence-corrected chi connectivity index (χ1v) is 8.66. The fraction of sp³-hybridized carbons (Fsp3) is 0.300. The number of benzene rings is 2. The van der Waals surface area contributed by atoms with Gasteiger partial charge in [0.05, 0.1) is 18.8 Å². The minimum Gasteiger partial charge on any atom is -0.492 e. The molecule has 0 radical (unpaired) electrons. The number of amides is 2. The van der Waals surface area contributed by atoms with E-state index in [0.29, 0.717) is 23.7 Å². The van der Waals surface area contributed by atoms with Crippen molar-refractivity contribution in [3.8, 4) is 5.75 Å². The second-order valence-electron chi connectivity index (χ2n) is 6.06. The summed E-state index contributed by atoms with van der Waals surface area (Å²) in [6, 6.07) is 14.5. The topological polar surface area (TPSA) is 79.5 Å². The van der Waals surface area contributed by atoms with Crippen LogP contribution in [0.4, 0.5) is 17.1 Å². The molecule has 0 aliphatic rings. The second-order valence-corrected chi connectivity index (χ2v) is 6.06. The molecule has 2 aromatic rings. The SMILES string of the molecule is CCOc1ccccc1NCC(=O)Nc1cccc(NC(=O)C(C)C)c1. The van der Waals surface area contributed by atoms with Crippen molar-refractivity contribution < 1.29 is 14.3 Å². The van der Waals surface area contributed by atoms with Crippen molar-refractivity contribution >= 4 is 28.9 Å². The first-order chi connectivity index (χ1) is 12.5. The molecule has 0 saturated heterocycles. The van der Waals surface area contributed by atoms with E-state index in [2.05, 4.69) is 16.0 Å². The molecule has 0 heterocycles. The molecular weight excluding hydrogens is 330 g/mol. The average molecular weight is 355 g/mol. The van der Waals surface area contributed by atoms with E-state index in [-0.39, 0.29) is 24.3 Å². The molecule has 138 valence electrons. The molecule has 0 atom stereocenters. The standard InChI is InChI=1S/C20H25N3O3/c1-4-26-18-11-6-5-10-17(18)21-13-19(24)22-15-8-7-9-16(12-15)23-20(25)14(2)3/h5-12,14,21H,4,13H2,1-3H3,(H,22,24)(H,23,25). The van der Waals surface area contributed by atoms with Gasteiger partial charge in [0.1, 0.15) is 5.75 Å². The Kier molecular flexibility index (Phi) is 7.02. The van der Waals surface area contributed by atoms with Gasteiger partial charge < -0.3 is 20.7 Å². The fourth-order valence-corrected chi connectivity index (χ4v) is 2.24. The van der Waals surface area contributed by atoms with Crippen LogP contribution in [0.5, 0.6) is 5.75 Å². The minimum absolute atomic E-state index is 0.0670. The van der Waals surface area contributed by atoms with Gasteiger partial charge in [-0.25, -0.2) is 0 Å². The van der Waals surface area contributed by atoms with Crippen LogP contribution in [0.25, 0.3) is 0 Å². The van der Waals surface area contributed by atoms with E-state index in [4.69, 9.17) is 4.74 Å². The van der Waals surface area contributed by atoms with Crippen LogP contribution in [0.2, 0.25) is 0 Å². The van der Waals surface area contributed by atoms with Gasteiger partial charge in [-0.05, 0) is 37.3 Å². The highest BCUT2D eigenvalue weighted by Gasteiger charge is 2.09. The number of rotatable bonds is 8. The Morgan fingerprint density at radius 3 is 2.38 bits per heavy atom. The molecule has 0 spiro atoms. The summed E-state index contributed by atoms with van der Waals surface area (Å²) in [6.07, 6.45) is 0. The van der Waals surface area contributed by atoms with Crippen molar-refractivity contribution in [1.29, 1.82) is 0 Å². The molecule has 0 bridgehead atoms. The number of hydrogen-bond acceptors (Lipinski definition) is 4. The Hall–Kier alpha value is -3.02. The molecule has 0 aliphatic heterocycles. The Labute approximate surface area is 153 Å². The van der Waals surface area contributed by atoms with E-state index in [1.165, 1.54) is 0 Å². The van der Waals surface area contributed by atoms with Crippen molar-refractivity contribution in [2.24, 2.45) is 5.92 Å². The number of carbonyl (C=O) groups is 2. The molecule has 2 amide bonds. The van der Waals surface area contributed by atoms with E-state index < -0.39 is 0 Å². The lowest BCUT2D eigenvalue weighted by molar-refractivity contribution is -0.119. The van der Waals surface area contributed by atoms with Crippen molar-refractivity contribution in [2.75, 3.05) is 29.1 Å². The summed E-state index contributed by atoms with van der Waals surface area (Å²) in [7, 11) is 0. The highest BCUT2D eigenvalue weighted by molar-refractivity contribution is 5.96. The smallest absolute Gasteiger partial charge is 0.243 e. The third-order valence-corrected chi connectivity index (χ3v) is 3.56. The van der Waals surface area contributed by atoms with E-state index in [1.54, 1.807) is 24.3 Å². The van der Waals surface area contributed by atoms with Gasteiger partial charge >= 0.3 is 0 Å².